The third kappa shape index (κ3) is 15.1. The summed E-state index contributed by atoms with van der Waals surface area (Å²) in [4.78, 5) is 42.0. The van der Waals surface area contributed by atoms with E-state index >= 15 is 0 Å². The molecule has 2 aliphatic rings. The molecule has 4 aromatic heterocycles. The number of nitrogens with two attached hydrogens (primary N) is 1. The van der Waals surface area contributed by atoms with Crippen molar-refractivity contribution in [1.29, 1.82) is 0 Å². The van der Waals surface area contributed by atoms with Crippen LogP contribution in [0.5, 0.6) is 0 Å². The van der Waals surface area contributed by atoms with Crippen LogP contribution in [-0.4, -0.2) is 116 Å². The third-order valence-electron chi connectivity index (χ3n) is 8.33. The number of amides is 2. The molecule has 0 spiro atoms. The molecule has 6 heterocycles. The number of carbonyl (C=O) groups excluding carboxylic acids is 2. The van der Waals surface area contributed by atoms with Gasteiger partial charge in [0.25, 0.3) is 11.8 Å². The Balaban J connectivity index is 0.000000222. The van der Waals surface area contributed by atoms with Crippen LogP contribution in [0.3, 0.4) is 0 Å². The van der Waals surface area contributed by atoms with Crippen molar-refractivity contribution in [1.82, 2.24) is 29.7 Å². The number of nitrogens with one attached hydrogen (secondary N) is 1. The average molecular weight is 941 g/mol. The Morgan fingerprint density at radius 1 is 0.754 bits per heavy atom. The van der Waals surface area contributed by atoms with E-state index in [1.807, 2.05) is 0 Å². The fraction of sp³-hybridized carbons (Fsp3) is 0.611. The largest absolute Gasteiger partial charge is 0.444 e. The molecular weight excluding hydrogens is 898 g/mol. The van der Waals surface area contributed by atoms with E-state index in [1.54, 1.807) is 41.5 Å². The molecular formula is C36H43ClF10N8O4S2. The summed E-state index contributed by atoms with van der Waals surface area (Å²) in [5.74, 6) is -6.29. The number of piperidine rings is 2. The van der Waals surface area contributed by atoms with Crippen LogP contribution in [0.15, 0.2) is 24.8 Å². The summed E-state index contributed by atoms with van der Waals surface area (Å²) < 4.78 is 140. The first-order valence-corrected chi connectivity index (χ1v) is 20.3. The van der Waals surface area contributed by atoms with E-state index in [1.165, 1.54) is 18.5 Å². The number of likely N-dealkylation sites (tertiary alicyclic amines) is 2. The van der Waals surface area contributed by atoms with Crippen molar-refractivity contribution in [2.75, 3.05) is 31.5 Å². The maximum Gasteiger partial charge on any atom is 0.410 e. The molecule has 0 aliphatic carbocycles. The maximum absolute atomic E-state index is 14.7. The van der Waals surface area contributed by atoms with E-state index in [0.717, 1.165) is 38.8 Å². The number of thiophene rings is 2. The monoisotopic (exact) mass is 940 g/mol. The Labute approximate surface area is 356 Å². The summed E-state index contributed by atoms with van der Waals surface area (Å²) in [5.41, 5.74) is 3.79. The van der Waals surface area contributed by atoms with Gasteiger partial charge in [-0.1, -0.05) is 11.6 Å². The molecule has 61 heavy (non-hydrogen) atoms. The summed E-state index contributed by atoms with van der Waals surface area (Å²) >= 11 is 7.54. The predicted molar refractivity (Wildman–Crippen MR) is 209 cm³/mol. The molecule has 2 saturated heterocycles. The highest BCUT2D eigenvalue weighted by Gasteiger charge is 2.47. The minimum atomic E-state index is -4.39. The number of aromatic nitrogens is 4. The number of hydrogen-bond acceptors (Lipinski definition) is 12. The summed E-state index contributed by atoms with van der Waals surface area (Å²) in [6, 6.07) is 0.131. The molecule has 4 aromatic rings. The molecule has 2 unspecified atom stereocenters. The minimum absolute atomic E-state index is 0.0209. The Hall–Kier alpha value is -4.03. The lowest BCUT2D eigenvalue weighted by atomic mass is 10.0. The van der Waals surface area contributed by atoms with Gasteiger partial charge in [0.1, 0.15) is 44.5 Å². The molecule has 6 rings (SSSR count). The van der Waals surface area contributed by atoms with Crippen molar-refractivity contribution < 1.29 is 63.0 Å². The second kappa shape index (κ2) is 18.8. The number of nitrogens with zero attached hydrogens (tertiary/aromatic N) is 6. The molecule has 0 aromatic carbocycles. The number of alkyl halides is 10. The second-order valence-electron chi connectivity index (χ2n) is 16.0. The Kier molecular flexibility index (Phi) is 15.3. The molecule has 0 radical (unpaired) electrons. The lowest BCUT2D eigenvalue weighted by molar-refractivity contribution is -0.127. The highest BCUT2D eigenvalue weighted by molar-refractivity contribution is 7.19. The van der Waals surface area contributed by atoms with Gasteiger partial charge in [-0.3, -0.25) is 0 Å². The number of halogens is 11. The van der Waals surface area contributed by atoms with Crippen molar-refractivity contribution in [3.05, 3.63) is 39.7 Å². The molecule has 12 nitrogen and oxygen atoms in total. The zero-order chi connectivity index (χ0) is 45.9. The van der Waals surface area contributed by atoms with Crippen molar-refractivity contribution in [2.45, 2.75) is 115 Å². The molecule has 340 valence electrons. The first-order valence-electron chi connectivity index (χ1n) is 18.3. The van der Waals surface area contributed by atoms with Crippen molar-refractivity contribution in [3.8, 4) is 0 Å². The first-order chi connectivity index (χ1) is 27.8. The van der Waals surface area contributed by atoms with Crippen LogP contribution in [0.4, 0.5) is 59.3 Å². The molecule has 0 saturated carbocycles. The number of fused-ring (bicyclic) bond motifs is 2. The van der Waals surface area contributed by atoms with Crippen molar-refractivity contribution in [2.24, 2.45) is 5.73 Å². The van der Waals surface area contributed by atoms with E-state index in [4.69, 9.17) is 26.8 Å². The van der Waals surface area contributed by atoms with Gasteiger partial charge in [-0.05, 0) is 66.5 Å². The molecule has 2 fully saturated rings. The average Bonchev–Trinajstić information content (AvgIpc) is 3.68. The number of hydrogen-bond donors (Lipinski definition) is 2. The zero-order valence-corrected chi connectivity index (χ0v) is 35.9. The number of carbonyl (C=O) groups is 2. The summed E-state index contributed by atoms with van der Waals surface area (Å²) in [6.07, 6.45) is -9.85. The van der Waals surface area contributed by atoms with Gasteiger partial charge in [-0.15, -0.1) is 22.7 Å². The lowest BCUT2D eigenvalue weighted by Gasteiger charge is -2.39. The van der Waals surface area contributed by atoms with Crippen LogP contribution >= 0.6 is 34.3 Å². The molecule has 0 bridgehead atoms. The Morgan fingerprint density at radius 3 is 1.64 bits per heavy atom. The van der Waals surface area contributed by atoms with Crippen LogP contribution in [0.25, 0.3) is 20.4 Å². The number of rotatable bonds is 4. The van der Waals surface area contributed by atoms with Gasteiger partial charge < -0.3 is 30.3 Å². The predicted octanol–water partition coefficient (Wildman–Crippen LogP) is 9.89. The van der Waals surface area contributed by atoms with Crippen LogP contribution in [0.2, 0.25) is 5.15 Å². The fourth-order valence-corrected chi connectivity index (χ4v) is 7.97. The van der Waals surface area contributed by atoms with E-state index in [0.29, 0.717) is 10.2 Å². The van der Waals surface area contributed by atoms with E-state index < -0.39 is 85.6 Å². The van der Waals surface area contributed by atoms with Gasteiger partial charge in [0.15, 0.2) is 0 Å². The quantitative estimate of drug-likeness (QED) is 0.150. The zero-order valence-electron chi connectivity index (χ0n) is 33.5. The van der Waals surface area contributed by atoms with Gasteiger partial charge >= 0.3 is 24.5 Å². The van der Waals surface area contributed by atoms with Crippen LogP contribution < -0.4 is 11.1 Å². The van der Waals surface area contributed by atoms with Gasteiger partial charge in [0.2, 0.25) is 0 Å². The summed E-state index contributed by atoms with van der Waals surface area (Å²) in [6.45, 7) is 8.77. The highest BCUT2D eigenvalue weighted by Crippen LogP contribution is 2.36. The van der Waals surface area contributed by atoms with Gasteiger partial charge in [-0.2, -0.15) is 26.3 Å². The maximum atomic E-state index is 14.7. The molecule has 2 atom stereocenters. The number of anilines is 1. The summed E-state index contributed by atoms with van der Waals surface area (Å²) in [7, 11) is 0. The van der Waals surface area contributed by atoms with E-state index in [2.05, 4.69) is 25.3 Å². The molecule has 25 heteroatoms. The Morgan fingerprint density at radius 2 is 1.20 bits per heavy atom. The summed E-state index contributed by atoms with van der Waals surface area (Å²) in [5, 5.41) is 3.56. The van der Waals surface area contributed by atoms with E-state index in [9.17, 15) is 53.5 Å². The smallest absolute Gasteiger partial charge is 0.410 e. The first kappa shape index (κ1) is 49.6. The van der Waals surface area contributed by atoms with Crippen molar-refractivity contribution in [3.63, 3.8) is 0 Å². The van der Waals surface area contributed by atoms with Gasteiger partial charge in [0, 0.05) is 28.2 Å². The fourth-order valence-electron chi connectivity index (χ4n) is 5.67. The standard InChI is InChI=1S/C18H21F5N4O2S.C10H18F2N2O2.C8H4ClF3N2S/c1-16(2,3)29-15(28)27-5-4-12(17(19,20)8-27)26-13-11-6-10(7-18(21,22)23)30-14(11)25-9-24-13;1-9(2,3)16-8(15)14-5-4-7(13)10(11,12)6-14;9-6-5-1-4(2-8(10,11)12)15-7(5)14-3-13-6/h6,9,12H,4-5,7-8H2,1-3H3,(H,24,25,26);7H,4-6,13H2,1-3H3;1,3H,2H2. The molecule has 3 N–H and O–H groups in total. The third-order valence-corrected chi connectivity index (χ3v) is 10.7. The highest BCUT2D eigenvalue weighted by atomic mass is 35.5. The van der Waals surface area contributed by atoms with E-state index in [-0.39, 0.29) is 56.9 Å². The number of ether oxygens (including phenoxy) is 2. The second-order valence-corrected chi connectivity index (χ2v) is 18.6. The SMILES string of the molecule is CC(C)(C)OC(=O)N1CCC(N)C(F)(F)C1.CC(C)(C)OC(=O)N1CCC(Nc2ncnc3sc(CC(F)(F)F)cc23)C(F)(F)C1.FC(F)(F)Cc1cc2c(Cl)ncnc2s1. The van der Waals surface area contributed by atoms with Gasteiger partial charge in [-0.25, -0.2) is 47.1 Å². The molecule has 2 amide bonds. The lowest BCUT2D eigenvalue weighted by Crippen LogP contribution is -2.57. The Bertz CT molecular complexity index is 2140. The van der Waals surface area contributed by atoms with Crippen molar-refractivity contribution >= 4 is 72.7 Å². The van der Waals surface area contributed by atoms with Crippen LogP contribution in [0.1, 0.15) is 64.1 Å². The normalized spacial score (nSPS) is 19.4. The van der Waals surface area contributed by atoms with Crippen LogP contribution in [-0.2, 0) is 22.3 Å². The topological polar surface area (TPSA) is 149 Å². The van der Waals surface area contributed by atoms with Gasteiger partial charge in [0.05, 0.1) is 43.4 Å². The molecule has 2 aliphatic heterocycles. The minimum Gasteiger partial charge on any atom is -0.444 e. The van der Waals surface area contributed by atoms with Crippen LogP contribution in [0, 0.1) is 0 Å².